The Morgan fingerprint density at radius 2 is 2.16 bits per heavy atom. The lowest BCUT2D eigenvalue weighted by molar-refractivity contribution is 0.0942. The molecule has 0 aromatic carbocycles. The summed E-state index contributed by atoms with van der Waals surface area (Å²) in [4.78, 5) is 16.9. The Morgan fingerprint density at radius 3 is 2.79 bits per heavy atom. The first kappa shape index (κ1) is 13.6. The molecule has 4 nitrogen and oxygen atoms in total. The molecule has 0 aliphatic rings. The molecular formula is C15H21N3O. The number of rotatable bonds is 4. The van der Waals surface area contributed by atoms with Crippen LogP contribution in [0.3, 0.4) is 0 Å². The maximum Gasteiger partial charge on any atom is 0.270 e. The predicted octanol–water partition coefficient (Wildman–Crippen LogP) is 2.59. The second-order valence-electron chi connectivity index (χ2n) is 5.30. The van der Waals surface area contributed by atoms with Gasteiger partial charge in [0, 0.05) is 12.7 Å². The number of fused-ring (bicyclic) bond motifs is 1. The summed E-state index contributed by atoms with van der Waals surface area (Å²) in [7, 11) is 0. The van der Waals surface area contributed by atoms with Gasteiger partial charge in [-0.2, -0.15) is 0 Å². The van der Waals surface area contributed by atoms with E-state index in [4.69, 9.17) is 0 Å². The van der Waals surface area contributed by atoms with Gasteiger partial charge in [-0.25, -0.2) is 4.98 Å². The summed E-state index contributed by atoms with van der Waals surface area (Å²) in [6.07, 6.45) is 2.72. The van der Waals surface area contributed by atoms with Crippen LogP contribution < -0.4 is 5.32 Å². The fraction of sp³-hybridized carbons (Fsp3) is 0.467. The van der Waals surface area contributed by atoms with Crippen molar-refractivity contribution in [2.45, 2.75) is 34.1 Å². The van der Waals surface area contributed by atoms with Crippen molar-refractivity contribution in [3.05, 3.63) is 35.3 Å². The number of carbonyl (C=O) groups is 1. The van der Waals surface area contributed by atoms with E-state index in [1.165, 1.54) is 0 Å². The number of carbonyl (C=O) groups excluding carboxylic acids is 1. The number of pyridine rings is 1. The minimum atomic E-state index is -0.0383. The van der Waals surface area contributed by atoms with Crippen molar-refractivity contribution in [1.29, 1.82) is 0 Å². The van der Waals surface area contributed by atoms with Crippen molar-refractivity contribution in [3.8, 4) is 0 Å². The number of hydrogen-bond acceptors (Lipinski definition) is 2. The summed E-state index contributed by atoms with van der Waals surface area (Å²) in [5, 5.41) is 2.97. The molecule has 102 valence electrons. The minimum absolute atomic E-state index is 0.0383. The highest BCUT2D eigenvalue weighted by atomic mass is 16.1. The third-order valence-electron chi connectivity index (χ3n) is 3.06. The Morgan fingerprint density at radius 1 is 1.42 bits per heavy atom. The van der Waals surface area contributed by atoms with E-state index in [2.05, 4.69) is 24.1 Å². The number of nitrogens with zero attached hydrogens (tertiary/aromatic N) is 2. The van der Waals surface area contributed by atoms with Gasteiger partial charge < -0.3 is 5.32 Å². The van der Waals surface area contributed by atoms with Gasteiger partial charge in [0.25, 0.3) is 5.91 Å². The smallest absolute Gasteiger partial charge is 0.270 e. The summed E-state index contributed by atoms with van der Waals surface area (Å²) in [6, 6.07) is 3.96. The van der Waals surface area contributed by atoms with Crippen molar-refractivity contribution < 1.29 is 4.79 Å². The van der Waals surface area contributed by atoms with Crippen LogP contribution in [0.5, 0.6) is 0 Å². The zero-order chi connectivity index (χ0) is 14.0. The van der Waals surface area contributed by atoms with Crippen LogP contribution in [0.2, 0.25) is 0 Å². The van der Waals surface area contributed by atoms with E-state index in [9.17, 15) is 4.79 Å². The highest BCUT2D eigenvalue weighted by Gasteiger charge is 2.18. The summed E-state index contributed by atoms with van der Waals surface area (Å²) in [5.74, 6) is 0.401. The summed E-state index contributed by atoms with van der Waals surface area (Å²) >= 11 is 0. The lowest BCUT2D eigenvalue weighted by Gasteiger charge is -2.08. The number of hydrogen-bond donors (Lipinski definition) is 1. The zero-order valence-electron chi connectivity index (χ0n) is 12.0. The van der Waals surface area contributed by atoms with Gasteiger partial charge in [-0.3, -0.25) is 9.20 Å². The highest BCUT2D eigenvalue weighted by Crippen LogP contribution is 2.15. The van der Waals surface area contributed by atoms with Gasteiger partial charge in [-0.1, -0.05) is 26.8 Å². The van der Waals surface area contributed by atoms with Crippen LogP contribution in [-0.4, -0.2) is 21.8 Å². The highest BCUT2D eigenvalue weighted by molar-refractivity contribution is 5.94. The normalized spacial score (nSPS) is 11.2. The number of aromatic nitrogens is 2. The first-order valence-corrected chi connectivity index (χ1v) is 6.78. The molecule has 0 fully saturated rings. The minimum Gasteiger partial charge on any atom is -0.350 e. The maximum atomic E-state index is 12.3. The standard InChI is InChI=1S/C15H21N3O/c1-5-12-14(15(19)16-8-10(2)3)18-9-11(4)6-7-13(18)17-12/h6-7,9-10H,5,8H2,1-4H3,(H,16,19). The zero-order valence-corrected chi connectivity index (χ0v) is 12.0. The molecular weight excluding hydrogens is 238 g/mol. The van der Waals surface area contributed by atoms with Crippen molar-refractivity contribution >= 4 is 11.6 Å². The molecule has 0 radical (unpaired) electrons. The number of aryl methyl sites for hydroxylation is 2. The van der Waals surface area contributed by atoms with Gasteiger partial charge in [0.15, 0.2) is 0 Å². The molecule has 2 aromatic heterocycles. The van der Waals surface area contributed by atoms with Crippen molar-refractivity contribution in [2.75, 3.05) is 6.54 Å². The SMILES string of the molecule is CCc1nc2ccc(C)cn2c1C(=O)NCC(C)C. The molecule has 19 heavy (non-hydrogen) atoms. The largest absolute Gasteiger partial charge is 0.350 e. The quantitative estimate of drug-likeness (QED) is 0.917. The molecule has 1 N–H and O–H groups in total. The summed E-state index contributed by atoms with van der Waals surface area (Å²) in [6.45, 7) is 8.88. The molecule has 0 atom stereocenters. The van der Waals surface area contributed by atoms with Gasteiger partial charge in [-0.15, -0.1) is 0 Å². The van der Waals surface area contributed by atoms with E-state index in [1.807, 2.05) is 36.6 Å². The van der Waals surface area contributed by atoms with Crippen molar-refractivity contribution in [3.63, 3.8) is 0 Å². The van der Waals surface area contributed by atoms with E-state index < -0.39 is 0 Å². The van der Waals surface area contributed by atoms with Gasteiger partial charge >= 0.3 is 0 Å². The lowest BCUT2D eigenvalue weighted by Crippen LogP contribution is -2.29. The van der Waals surface area contributed by atoms with Crippen LogP contribution >= 0.6 is 0 Å². The molecule has 2 heterocycles. The van der Waals surface area contributed by atoms with Crippen LogP contribution in [0.15, 0.2) is 18.3 Å². The molecule has 2 aromatic rings. The van der Waals surface area contributed by atoms with Gasteiger partial charge in [0.05, 0.1) is 5.69 Å². The Hall–Kier alpha value is -1.84. The first-order valence-electron chi connectivity index (χ1n) is 6.78. The topological polar surface area (TPSA) is 46.4 Å². The van der Waals surface area contributed by atoms with Crippen LogP contribution in [0, 0.1) is 12.8 Å². The average Bonchev–Trinajstić information content (AvgIpc) is 2.73. The van der Waals surface area contributed by atoms with Gasteiger partial charge in [-0.05, 0) is 30.9 Å². The molecule has 0 aliphatic heterocycles. The average molecular weight is 259 g/mol. The van der Waals surface area contributed by atoms with E-state index in [-0.39, 0.29) is 5.91 Å². The molecule has 1 amide bonds. The number of imidazole rings is 1. The molecule has 0 bridgehead atoms. The molecule has 4 heteroatoms. The monoisotopic (exact) mass is 259 g/mol. The predicted molar refractivity (Wildman–Crippen MR) is 76.5 cm³/mol. The maximum absolute atomic E-state index is 12.3. The number of amides is 1. The first-order chi connectivity index (χ1) is 9.02. The van der Waals surface area contributed by atoms with Crippen LogP contribution in [-0.2, 0) is 6.42 Å². The third kappa shape index (κ3) is 2.78. The summed E-state index contributed by atoms with van der Waals surface area (Å²) in [5.41, 5.74) is 3.47. The molecule has 2 rings (SSSR count). The lowest BCUT2D eigenvalue weighted by atomic mass is 10.2. The molecule has 0 spiro atoms. The van der Waals surface area contributed by atoms with Crippen LogP contribution in [0.4, 0.5) is 0 Å². The molecule has 0 saturated carbocycles. The fourth-order valence-electron chi connectivity index (χ4n) is 2.07. The Labute approximate surface area is 113 Å². The van der Waals surface area contributed by atoms with Crippen molar-refractivity contribution in [2.24, 2.45) is 5.92 Å². The molecule has 0 unspecified atom stereocenters. The van der Waals surface area contributed by atoms with Gasteiger partial charge in [0.1, 0.15) is 11.3 Å². The fourth-order valence-corrected chi connectivity index (χ4v) is 2.07. The Bertz CT molecular complexity index is 599. The number of nitrogens with one attached hydrogen (secondary N) is 1. The van der Waals surface area contributed by atoms with E-state index >= 15 is 0 Å². The van der Waals surface area contributed by atoms with Gasteiger partial charge in [0.2, 0.25) is 0 Å². The molecule has 0 aliphatic carbocycles. The van der Waals surface area contributed by atoms with E-state index in [1.54, 1.807) is 0 Å². The van der Waals surface area contributed by atoms with E-state index in [0.29, 0.717) is 18.2 Å². The second-order valence-corrected chi connectivity index (χ2v) is 5.30. The molecule has 0 saturated heterocycles. The second kappa shape index (κ2) is 5.43. The van der Waals surface area contributed by atoms with Crippen LogP contribution in [0.25, 0.3) is 5.65 Å². The Kier molecular flexibility index (Phi) is 3.88. The van der Waals surface area contributed by atoms with E-state index in [0.717, 1.165) is 23.3 Å². The Balaban J connectivity index is 2.44. The van der Waals surface area contributed by atoms with Crippen LogP contribution in [0.1, 0.15) is 42.5 Å². The summed E-state index contributed by atoms with van der Waals surface area (Å²) < 4.78 is 1.89. The van der Waals surface area contributed by atoms with Crippen molar-refractivity contribution in [1.82, 2.24) is 14.7 Å². The third-order valence-corrected chi connectivity index (χ3v) is 3.06.